The van der Waals surface area contributed by atoms with Gasteiger partial charge in [0, 0.05) is 0 Å². The molecule has 0 aliphatic rings. The molecule has 1 aromatic rings. The number of nitrogens with zero attached hydrogens (tertiary/aromatic N) is 2. The summed E-state index contributed by atoms with van der Waals surface area (Å²) < 4.78 is 0. The Bertz CT molecular complexity index is 308. The summed E-state index contributed by atoms with van der Waals surface area (Å²) >= 11 is -0.106. The van der Waals surface area contributed by atoms with Crippen molar-refractivity contribution in [2.75, 3.05) is 0 Å². The van der Waals surface area contributed by atoms with E-state index in [-0.39, 0.29) is 15.9 Å². The molecule has 0 radical (unpaired) electrons. The first-order chi connectivity index (χ1) is 6.29. The Hall–Kier alpha value is -0.558. The van der Waals surface area contributed by atoms with Crippen LogP contribution in [-0.4, -0.2) is 0 Å². The molecule has 0 amide bonds. The van der Waals surface area contributed by atoms with E-state index in [1.807, 2.05) is 12.1 Å². The fourth-order valence-corrected chi connectivity index (χ4v) is 0.678. The van der Waals surface area contributed by atoms with E-state index < -0.39 is 0 Å². The number of nitriles is 2. The average Bonchev–Trinajstić information content (AvgIpc) is 2.19. The van der Waals surface area contributed by atoms with Crippen molar-refractivity contribution in [3.05, 3.63) is 35.4 Å². The summed E-state index contributed by atoms with van der Waals surface area (Å²) in [5.41, 5.74) is 0.870. The van der Waals surface area contributed by atoms with Gasteiger partial charge in [0.1, 0.15) is 12.1 Å². The third-order valence-corrected chi connectivity index (χ3v) is 1.17. The second-order valence-electron chi connectivity index (χ2n) is 1.81. The van der Waals surface area contributed by atoms with Crippen molar-refractivity contribution in [1.29, 1.82) is 10.5 Å². The number of benzene rings is 1. The summed E-state index contributed by atoms with van der Waals surface area (Å²) in [6, 6.07) is 10.6. The monoisotopic (exact) mass is 304 g/mol. The Morgan fingerprint density at radius 2 is 1.31 bits per heavy atom. The molecule has 0 saturated heterocycles. The third-order valence-electron chi connectivity index (χ3n) is 1.17. The minimum atomic E-state index is -0.106. The minimum absolute atomic E-state index is 0.106. The summed E-state index contributed by atoms with van der Waals surface area (Å²) in [6.07, 6.45) is 0. The predicted molar refractivity (Wildman–Crippen MR) is 47.6 cm³/mol. The van der Waals surface area contributed by atoms with Gasteiger partial charge in [0.15, 0.2) is 0 Å². The molecular weight excluding hydrogens is 301 g/mol. The molecule has 0 unspecified atom stereocenters. The van der Waals surface area contributed by atoms with Crippen molar-refractivity contribution in [3.63, 3.8) is 0 Å². The zero-order valence-corrected chi connectivity index (χ0v) is 9.34. The Kier molecular flexibility index (Phi) is 7.71. The van der Waals surface area contributed by atoms with Gasteiger partial charge in [-0.1, -0.05) is 12.1 Å². The van der Waals surface area contributed by atoms with Crippen molar-refractivity contribution < 1.29 is 15.9 Å². The van der Waals surface area contributed by atoms with Crippen LogP contribution in [0.5, 0.6) is 0 Å². The van der Waals surface area contributed by atoms with Crippen LogP contribution in [0.25, 0.3) is 0 Å². The third kappa shape index (κ3) is 4.89. The van der Waals surface area contributed by atoms with Gasteiger partial charge in [-0.25, -0.2) is 0 Å². The Balaban J connectivity index is 0.000000424. The summed E-state index contributed by atoms with van der Waals surface area (Å²) in [4.78, 5) is 0. The molecule has 2 nitrogen and oxygen atoms in total. The molecule has 0 saturated carbocycles. The van der Waals surface area contributed by atoms with Crippen molar-refractivity contribution in [2.45, 2.75) is 0 Å². The van der Waals surface area contributed by atoms with Crippen molar-refractivity contribution >= 4 is 19.1 Å². The van der Waals surface area contributed by atoms with Crippen LogP contribution in [0, 0.1) is 22.7 Å². The molecule has 0 spiro atoms. The van der Waals surface area contributed by atoms with E-state index >= 15 is 0 Å². The van der Waals surface area contributed by atoms with Crippen LogP contribution in [0.1, 0.15) is 11.1 Å². The van der Waals surface area contributed by atoms with Gasteiger partial charge in [0.2, 0.25) is 0 Å². The van der Waals surface area contributed by atoms with E-state index in [1.165, 1.54) is 0 Å². The van der Waals surface area contributed by atoms with Crippen molar-refractivity contribution in [2.24, 2.45) is 0 Å². The molecule has 0 aromatic heterocycles. The molecule has 0 aliphatic heterocycles. The van der Waals surface area contributed by atoms with Gasteiger partial charge < -0.3 is 0 Å². The molecule has 0 aliphatic carbocycles. The number of hydrogen-bond donors (Lipinski definition) is 0. The summed E-state index contributed by atoms with van der Waals surface area (Å²) in [6.45, 7) is 0. The molecule has 0 fully saturated rings. The molecule has 1 aromatic carbocycles. The Morgan fingerprint density at radius 1 is 1.00 bits per heavy atom. The van der Waals surface area contributed by atoms with Gasteiger partial charge in [-0.3, -0.25) is 0 Å². The molecule has 5 heteroatoms. The van der Waals surface area contributed by atoms with Crippen LogP contribution in [0.15, 0.2) is 24.3 Å². The van der Waals surface area contributed by atoms with Gasteiger partial charge in [-0.15, -0.1) is 0 Å². The number of rotatable bonds is 0. The van der Waals surface area contributed by atoms with E-state index in [9.17, 15) is 0 Å². The van der Waals surface area contributed by atoms with Gasteiger partial charge in [0.05, 0.1) is 11.1 Å². The normalized spacial score (nSPS) is 7.69. The predicted octanol–water partition coefficient (Wildman–Crippen LogP) is 2.81. The fourth-order valence-electron chi connectivity index (χ4n) is 0.678. The summed E-state index contributed by atoms with van der Waals surface area (Å²) in [5, 5.41) is 16.9. The molecule has 0 atom stereocenters. The molecule has 1 rings (SSSR count). The summed E-state index contributed by atoms with van der Waals surface area (Å²) in [5.74, 6) is 0. The SMILES string of the molecule is N#Cc1ccccc1C#N.[Cl][Pd][Cl]. The van der Waals surface area contributed by atoms with Crippen molar-refractivity contribution in [1.82, 2.24) is 0 Å². The van der Waals surface area contributed by atoms with Gasteiger partial charge >= 0.3 is 35.0 Å². The zero-order valence-electron chi connectivity index (χ0n) is 6.28. The summed E-state index contributed by atoms with van der Waals surface area (Å²) in [7, 11) is 9.63. The van der Waals surface area contributed by atoms with Crippen LogP contribution in [0.3, 0.4) is 0 Å². The molecule has 0 bridgehead atoms. The average molecular weight is 305 g/mol. The number of halogens is 2. The number of hydrogen-bond acceptors (Lipinski definition) is 2. The maximum absolute atomic E-state index is 8.45. The zero-order chi connectivity index (χ0) is 10.1. The second kappa shape index (κ2) is 8.06. The molecule has 70 valence electrons. The van der Waals surface area contributed by atoms with E-state index in [4.69, 9.17) is 29.6 Å². The van der Waals surface area contributed by atoms with Crippen LogP contribution in [0.2, 0.25) is 0 Å². The van der Waals surface area contributed by atoms with E-state index in [0.29, 0.717) is 11.1 Å². The first-order valence-electron chi connectivity index (χ1n) is 3.01. The maximum atomic E-state index is 8.45. The fraction of sp³-hybridized carbons (Fsp3) is 0. The van der Waals surface area contributed by atoms with Gasteiger partial charge in [0.25, 0.3) is 0 Å². The first kappa shape index (κ1) is 12.4. The van der Waals surface area contributed by atoms with E-state index in [2.05, 4.69) is 0 Å². The first-order valence-corrected chi connectivity index (χ1v) is 7.02. The topological polar surface area (TPSA) is 47.6 Å². The van der Waals surface area contributed by atoms with E-state index in [1.54, 1.807) is 24.3 Å². The molecule has 0 heterocycles. The van der Waals surface area contributed by atoms with Crippen LogP contribution < -0.4 is 0 Å². The molecule has 0 N–H and O–H groups in total. The van der Waals surface area contributed by atoms with E-state index in [0.717, 1.165) is 0 Å². The molecule has 13 heavy (non-hydrogen) atoms. The quantitative estimate of drug-likeness (QED) is 0.692. The standard InChI is InChI=1S/C8H4N2.2ClH.Pd/c9-5-7-3-1-2-4-8(7)6-10;;;/h1-4H;2*1H;/q;;;+2/p-2. The van der Waals surface area contributed by atoms with Crippen molar-refractivity contribution in [3.8, 4) is 12.1 Å². The van der Waals surface area contributed by atoms with Crippen LogP contribution >= 0.6 is 19.1 Å². The Labute approximate surface area is 92.8 Å². The van der Waals surface area contributed by atoms with Crippen LogP contribution in [-0.2, 0) is 15.9 Å². The van der Waals surface area contributed by atoms with Gasteiger partial charge in [-0.05, 0) is 12.1 Å². The Morgan fingerprint density at radius 3 is 1.54 bits per heavy atom. The molecular formula is C8H4Cl2N2Pd. The second-order valence-corrected chi connectivity index (χ2v) is 4.17. The van der Waals surface area contributed by atoms with Crippen LogP contribution in [0.4, 0.5) is 0 Å². The van der Waals surface area contributed by atoms with Gasteiger partial charge in [-0.2, -0.15) is 10.5 Å².